The number of nitrogens with zero attached hydrogens (tertiary/aromatic N) is 1. The zero-order valence-electron chi connectivity index (χ0n) is 49.1. The monoisotopic (exact) mass is 1190 g/mol. The molecule has 15 rings (SSSR count). The van der Waals surface area contributed by atoms with Gasteiger partial charge < -0.3 is 14.4 Å². The first-order valence-corrected chi connectivity index (χ1v) is 30.1. The van der Waals surface area contributed by atoms with E-state index in [0.29, 0.717) is 56.6 Å². The summed E-state index contributed by atoms with van der Waals surface area (Å²) in [6, 6.07) is 94.5. The zero-order valence-corrected chi connectivity index (χ0v) is 49.1. The standard InChI is InChI=1S/C84H55F4NO2/c1-3-54-31-41-63(42-32-54)90-65-45-35-58(36-46-65)83(75-27-15-29-79(85)81(75)87)73-25-12-10-23-69(73)71-49-39-61(52-77(71)83)89(60-20-14-19-57(51-60)68-22-9-8-21-67(68)56-17-6-5-7-18-56)62-40-50-72-70-24-11-13-26-74(70)84(78(72)53-62,76-28-16-30-80(86)82(76)88)59-37-47-66(48-38-59)91-64-43-33-55(4-2)34-44-64/h3-53H,1-2H2. The minimum absolute atomic E-state index is 0.134. The van der Waals surface area contributed by atoms with Crippen molar-refractivity contribution in [2.24, 2.45) is 0 Å². The van der Waals surface area contributed by atoms with Gasteiger partial charge in [0.05, 0.1) is 10.8 Å². The Balaban J connectivity index is 0.969. The van der Waals surface area contributed by atoms with Crippen molar-refractivity contribution < 1.29 is 27.0 Å². The summed E-state index contributed by atoms with van der Waals surface area (Å²) in [5.41, 5.74) is 13.2. The largest absolute Gasteiger partial charge is 0.457 e. The van der Waals surface area contributed by atoms with Gasteiger partial charge in [-0.25, -0.2) is 17.6 Å². The number of anilines is 3. The van der Waals surface area contributed by atoms with E-state index < -0.39 is 34.1 Å². The van der Waals surface area contributed by atoms with E-state index in [2.05, 4.69) is 96.9 Å². The Hall–Kier alpha value is -11.5. The molecule has 3 nitrogen and oxygen atoms in total. The fourth-order valence-electron chi connectivity index (χ4n) is 13.9. The molecule has 2 unspecified atom stereocenters. The fraction of sp³-hybridized carbons (Fsp3) is 0.0238. The molecule has 13 aromatic rings. The number of halogens is 4. The molecule has 436 valence electrons. The topological polar surface area (TPSA) is 21.7 Å². The van der Waals surface area contributed by atoms with Gasteiger partial charge in [-0.3, -0.25) is 0 Å². The number of hydrogen-bond acceptors (Lipinski definition) is 3. The summed E-state index contributed by atoms with van der Waals surface area (Å²) in [6.07, 6.45) is 3.54. The molecule has 0 aromatic heterocycles. The van der Waals surface area contributed by atoms with Crippen molar-refractivity contribution in [3.63, 3.8) is 0 Å². The summed E-state index contributed by atoms with van der Waals surface area (Å²) in [5, 5.41) is 0. The molecule has 0 bridgehead atoms. The summed E-state index contributed by atoms with van der Waals surface area (Å²) in [5.74, 6) is -1.54. The summed E-state index contributed by atoms with van der Waals surface area (Å²) in [6.45, 7) is 7.77. The first-order chi connectivity index (χ1) is 44.6. The van der Waals surface area contributed by atoms with Crippen molar-refractivity contribution >= 4 is 29.2 Å². The maximum absolute atomic E-state index is 17.5. The Bertz CT molecular complexity index is 4720. The second kappa shape index (κ2) is 22.9. The predicted molar refractivity (Wildman–Crippen MR) is 360 cm³/mol. The highest BCUT2D eigenvalue weighted by molar-refractivity contribution is 5.94. The lowest BCUT2D eigenvalue weighted by Crippen LogP contribution is -2.30. The summed E-state index contributed by atoms with van der Waals surface area (Å²) in [7, 11) is 0. The van der Waals surface area contributed by atoms with Gasteiger partial charge in [0.2, 0.25) is 0 Å². The van der Waals surface area contributed by atoms with Gasteiger partial charge in [0, 0.05) is 28.2 Å². The van der Waals surface area contributed by atoms with Gasteiger partial charge in [0.25, 0.3) is 0 Å². The second-order valence-corrected chi connectivity index (χ2v) is 22.9. The highest BCUT2D eigenvalue weighted by Crippen LogP contribution is 2.61. The molecule has 0 saturated carbocycles. The molecular formula is C84H55F4NO2. The third kappa shape index (κ3) is 9.35. The Labute approximate surface area is 526 Å². The number of benzene rings is 13. The van der Waals surface area contributed by atoms with Crippen molar-refractivity contribution in [2.45, 2.75) is 10.8 Å². The lowest BCUT2D eigenvalue weighted by atomic mass is 9.67. The average Bonchev–Trinajstić information content (AvgIpc) is 1.62. The molecule has 13 aromatic carbocycles. The molecule has 7 heteroatoms. The van der Waals surface area contributed by atoms with Crippen molar-refractivity contribution in [3.05, 3.63) is 389 Å². The van der Waals surface area contributed by atoms with Crippen LogP contribution in [0.25, 0.3) is 56.7 Å². The van der Waals surface area contributed by atoms with Crippen LogP contribution in [0.15, 0.2) is 310 Å². The minimum atomic E-state index is -1.42. The first kappa shape index (κ1) is 56.0. The number of rotatable bonds is 15. The molecule has 2 aliphatic rings. The maximum atomic E-state index is 17.5. The van der Waals surface area contributed by atoms with Gasteiger partial charge in [0.15, 0.2) is 23.3 Å². The van der Waals surface area contributed by atoms with Crippen LogP contribution in [0.1, 0.15) is 55.6 Å². The normalized spacial score (nSPS) is 15.0. The maximum Gasteiger partial charge on any atom is 0.163 e. The summed E-state index contributed by atoms with van der Waals surface area (Å²) in [4.78, 5) is 2.17. The van der Waals surface area contributed by atoms with Crippen LogP contribution in [-0.2, 0) is 10.8 Å². The molecule has 0 aliphatic heterocycles. The Morgan fingerprint density at radius 2 is 0.637 bits per heavy atom. The van der Waals surface area contributed by atoms with Crippen LogP contribution in [0.3, 0.4) is 0 Å². The number of hydrogen-bond donors (Lipinski definition) is 0. The van der Waals surface area contributed by atoms with Crippen LogP contribution in [0, 0.1) is 23.3 Å². The lowest BCUT2D eigenvalue weighted by molar-refractivity contribution is 0.480. The van der Waals surface area contributed by atoms with Gasteiger partial charge in [-0.2, -0.15) is 0 Å². The second-order valence-electron chi connectivity index (χ2n) is 22.9. The molecule has 2 atom stereocenters. The highest BCUT2D eigenvalue weighted by Gasteiger charge is 2.50. The van der Waals surface area contributed by atoms with Crippen LogP contribution < -0.4 is 14.4 Å². The summed E-state index contributed by atoms with van der Waals surface area (Å²) < 4.78 is 80.2. The highest BCUT2D eigenvalue weighted by atomic mass is 19.2. The van der Waals surface area contributed by atoms with Gasteiger partial charge in [0.1, 0.15) is 23.0 Å². The van der Waals surface area contributed by atoms with E-state index in [4.69, 9.17) is 9.47 Å². The van der Waals surface area contributed by atoms with Crippen molar-refractivity contribution in [1.82, 2.24) is 0 Å². The first-order valence-electron chi connectivity index (χ1n) is 30.1. The third-order valence-electron chi connectivity index (χ3n) is 18.0. The Morgan fingerprint density at radius 3 is 1.09 bits per heavy atom. The van der Waals surface area contributed by atoms with Crippen LogP contribution in [0.2, 0.25) is 0 Å². The summed E-state index contributed by atoms with van der Waals surface area (Å²) >= 11 is 0. The Kier molecular flexibility index (Phi) is 14.1. The number of fused-ring (bicyclic) bond motifs is 6. The van der Waals surface area contributed by atoms with Gasteiger partial charge in [-0.1, -0.05) is 226 Å². The van der Waals surface area contributed by atoms with Crippen molar-refractivity contribution in [3.8, 4) is 67.5 Å². The van der Waals surface area contributed by atoms with Gasteiger partial charge >= 0.3 is 0 Å². The van der Waals surface area contributed by atoms with E-state index in [1.807, 2.05) is 182 Å². The number of ether oxygens (including phenoxy) is 2. The zero-order chi connectivity index (χ0) is 61.8. The smallest absolute Gasteiger partial charge is 0.163 e. The minimum Gasteiger partial charge on any atom is -0.457 e. The average molecular weight is 1190 g/mol. The molecular weight excluding hydrogens is 1130 g/mol. The molecule has 0 N–H and O–H groups in total. The van der Waals surface area contributed by atoms with Crippen LogP contribution in [0.5, 0.6) is 23.0 Å². The molecule has 0 heterocycles. The van der Waals surface area contributed by atoms with Crippen LogP contribution >= 0.6 is 0 Å². The third-order valence-corrected chi connectivity index (χ3v) is 18.0. The molecule has 91 heavy (non-hydrogen) atoms. The van der Waals surface area contributed by atoms with E-state index in [0.717, 1.165) is 84.6 Å². The predicted octanol–water partition coefficient (Wildman–Crippen LogP) is 22.6. The van der Waals surface area contributed by atoms with Crippen molar-refractivity contribution in [1.29, 1.82) is 0 Å². The van der Waals surface area contributed by atoms with E-state index in [1.165, 1.54) is 0 Å². The molecule has 0 fully saturated rings. The van der Waals surface area contributed by atoms with E-state index in [1.54, 1.807) is 36.4 Å². The quantitative estimate of drug-likeness (QED) is 0.0955. The van der Waals surface area contributed by atoms with E-state index in [-0.39, 0.29) is 11.1 Å². The lowest BCUT2D eigenvalue weighted by Gasteiger charge is -2.36. The van der Waals surface area contributed by atoms with E-state index in [9.17, 15) is 0 Å². The molecule has 2 aliphatic carbocycles. The van der Waals surface area contributed by atoms with Crippen LogP contribution in [-0.4, -0.2) is 0 Å². The SMILES string of the molecule is C=Cc1ccc(Oc2ccc(C3(c4cccc(F)c4F)c4ccccc4-c4ccc(N(c5cccc(-c6ccccc6-c6ccccc6)c5)c5ccc6c(c5)C(c5ccc(Oc7ccc(C=C)cc7)cc5)(c5cccc(F)c5F)c5ccccc5-6)cc43)cc2)cc1. The molecule has 0 spiro atoms. The fourth-order valence-corrected chi connectivity index (χ4v) is 13.9. The molecule has 0 saturated heterocycles. The van der Waals surface area contributed by atoms with E-state index >= 15 is 17.6 Å². The molecule has 0 amide bonds. The van der Waals surface area contributed by atoms with Gasteiger partial charge in [-0.15, -0.1) is 0 Å². The van der Waals surface area contributed by atoms with Crippen LogP contribution in [0.4, 0.5) is 34.6 Å². The molecule has 0 radical (unpaired) electrons. The Morgan fingerprint density at radius 1 is 0.286 bits per heavy atom. The van der Waals surface area contributed by atoms with Gasteiger partial charge in [-0.05, 0) is 186 Å². The van der Waals surface area contributed by atoms with Crippen molar-refractivity contribution in [2.75, 3.05) is 4.90 Å².